The number of fused-ring (bicyclic) bond motifs is 3. The SMILES string of the molecule is Cn1c2ccc(N)cc2c2c(C(=O)O)nncc21. The Bertz CT molecular complexity index is 791. The molecule has 90 valence electrons. The monoisotopic (exact) mass is 242 g/mol. The molecule has 3 N–H and O–H groups in total. The number of nitrogens with two attached hydrogens (primary N) is 1. The number of carboxylic acid groups (broad SMARTS) is 1. The fourth-order valence-corrected chi connectivity index (χ4v) is 2.22. The van der Waals surface area contributed by atoms with Crippen LogP contribution in [0.25, 0.3) is 21.8 Å². The van der Waals surface area contributed by atoms with Gasteiger partial charge in [0, 0.05) is 29.0 Å². The van der Waals surface area contributed by atoms with Crippen molar-refractivity contribution in [3.05, 3.63) is 30.1 Å². The molecule has 0 spiro atoms. The van der Waals surface area contributed by atoms with Crippen LogP contribution >= 0.6 is 0 Å². The van der Waals surface area contributed by atoms with Crippen molar-refractivity contribution in [3.63, 3.8) is 0 Å². The van der Waals surface area contributed by atoms with Crippen molar-refractivity contribution in [1.82, 2.24) is 14.8 Å². The lowest BCUT2D eigenvalue weighted by Gasteiger charge is -1.97. The maximum Gasteiger partial charge on any atom is 0.357 e. The molecule has 3 aromatic rings. The highest BCUT2D eigenvalue weighted by molar-refractivity contribution is 6.15. The van der Waals surface area contributed by atoms with E-state index in [-0.39, 0.29) is 5.69 Å². The third kappa shape index (κ3) is 1.26. The van der Waals surface area contributed by atoms with Gasteiger partial charge < -0.3 is 15.4 Å². The third-order valence-corrected chi connectivity index (χ3v) is 3.05. The number of nitrogen functional groups attached to an aromatic ring is 1. The van der Waals surface area contributed by atoms with Gasteiger partial charge in [-0.05, 0) is 18.2 Å². The highest BCUT2D eigenvalue weighted by atomic mass is 16.4. The Hall–Kier alpha value is -2.63. The van der Waals surface area contributed by atoms with E-state index < -0.39 is 5.97 Å². The second kappa shape index (κ2) is 3.43. The van der Waals surface area contributed by atoms with Crippen molar-refractivity contribution in [2.45, 2.75) is 0 Å². The minimum atomic E-state index is -1.09. The summed E-state index contributed by atoms with van der Waals surface area (Å²) in [5.41, 5.74) is 7.92. The van der Waals surface area contributed by atoms with Gasteiger partial charge in [0.25, 0.3) is 0 Å². The summed E-state index contributed by atoms with van der Waals surface area (Å²) in [4.78, 5) is 11.2. The highest BCUT2D eigenvalue weighted by Gasteiger charge is 2.17. The number of anilines is 1. The maximum absolute atomic E-state index is 11.2. The average Bonchev–Trinajstić information content (AvgIpc) is 2.63. The molecule has 0 atom stereocenters. The van der Waals surface area contributed by atoms with Gasteiger partial charge in [-0.15, -0.1) is 5.10 Å². The first-order valence-corrected chi connectivity index (χ1v) is 5.32. The summed E-state index contributed by atoms with van der Waals surface area (Å²) in [7, 11) is 1.86. The summed E-state index contributed by atoms with van der Waals surface area (Å²) in [5.74, 6) is -1.09. The predicted octanol–water partition coefficient (Wildman–Crippen LogP) is 1.40. The van der Waals surface area contributed by atoms with E-state index in [4.69, 9.17) is 5.73 Å². The normalized spacial score (nSPS) is 11.2. The zero-order valence-corrected chi connectivity index (χ0v) is 9.58. The second-order valence-corrected chi connectivity index (χ2v) is 4.09. The highest BCUT2D eigenvalue weighted by Crippen LogP contribution is 2.30. The number of carbonyl (C=O) groups is 1. The largest absolute Gasteiger partial charge is 0.476 e. The molecule has 0 aliphatic rings. The molecule has 0 aliphatic heterocycles. The average molecular weight is 242 g/mol. The molecule has 1 aromatic carbocycles. The molecular weight excluding hydrogens is 232 g/mol. The van der Waals surface area contributed by atoms with Gasteiger partial charge in [0.15, 0.2) is 5.69 Å². The molecule has 0 saturated heterocycles. The van der Waals surface area contributed by atoms with Crippen LogP contribution in [0.1, 0.15) is 10.5 Å². The van der Waals surface area contributed by atoms with E-state index in [0.29, 0.717) is 11.1 Å². The standard InChI is InChI=1S/C12H10N4O2/c1-16-8-3-2-6(13)4-7(8)10-9(16)5-14-15-11(10)12(17)18/h2-5H,13H2,1H3,(H,17,18). The Morgan fingerprint density at radius 3 is 2.89 bits per heavy atom. The van der Waals surface area contributed by atoms with Gasteiger partial charge in [-0.2, -0.15) is 5.10 Å². The lowest BCUT2D eigenvalue weighted by Crippen LogP contribution is -2.02. The summed E-state index contributed by atoms with van der Waals surface area (Å²) in [6, 6.07) is 5.39. The predicted molar refractivity (Wildman–Crippen MR) is 67.4 cm³/mol. The Morgan fingerprint density at radius 1 is 1.39 bits per heavy atom. The number of aromatic nitrogens is 3. The molecule has 0 radical (unpaired) electrons. The van der Waals surface area contributed by atoms with Crippen LogP contribution in [-0.2, 0) is 7.05 Å². The van der Waals surface area contributed by atoms with E-state index in [1.165, 1.54) is 0 Å². The number of aryl methyl sites for hydroxylation is 1. The first kappa shape index (κ1) is 10.5. The van der Waals surface area contributed by atoms with Gasteiger partial charge in [-0.3, -0.25) is 0 Å². The van der Waals surface area contributed by atoms with Crippen LogP contribution in [-0.4, -0.2) is 25.8 Å². The summed E-state index contributed by atoms with van der Waals surface area (Å²) in [6.45, 7) is 0. The quantitative estimate of drug-likeness (QED) is 0.629. The van der Waals surface area contributed by atoms with Gasteiger partial charge in [0.05, 0.1) is 11.7 Å². The first-order chi connectivity index (χ1) is 8.59. The smallest absolute Gasteiger partial charge is 0.357 e. The minimum absolute atomic E-state index is 0.0521. The number of hydrogen-bond acceptors (Lipinski definition) is 4. The molecule has 0 bridgehead atoms. The number of benzene rings is 1. The summed E-state index contributed by atoms with van der Waals surface area (Å²) >= 11 is 0. The van der Waals surface area contributed by atoms with E-state index in [2.05, 4.69) is 10.2 Å². The van der Waals surface area contributed by atoms with Gasteiger partial charge in [0.2, 0.25) is 0 Å². The van der Waals surface area contributed by atoms with Crippen LogP contribution in [0.3, 0.4) is 0 Å². The Labute approximate surface area is 102 Å². The maximum atomic E-state index is 11.2. The van der Waals surface area contributed by atoms with E-state index in [1.807, 2.05) is 17.7 Å². The summed E-state index contributed by atoms with van der Waals surface area (Å²) in [5, 5.41) is 18.0. The topological polar surface area (TPSA) is 94.0 Å². The Balaban J connectivity index is 2.62. The molecular formula is C12H10N4O2. The first-order valence-electron chi connectivity index (χ1n) is 5.32. The molecule has 0 saturated carbocycles. The van der Waals surface area contributed by atoms with E-state index in [0.717, 1.165) is 16.4 Å². The number of rotatable bonds is 1. The van der Waals surface area contributed by atoms with Gasteiger partial charge in [-0.1, -0.05) is 0 Å². The molecule has 0 unspecified atom stereocenters. The van der Waals surface area contributed by atoms with Crippen LogP contribution in [0.15, 0.2) is 24.4 Å². The van der Waals surface area contributed by atoms with Gasteiger partial charge in [0.1, 0.15) is 0 Å². The van der Waals surface area contributed by atoms with E-state index in [1.54, 1.807) is 18.3 Å². The van der Waals surface area contributed by atoms with Crippen molar-refractivity contribution in [2.75, 3.05) is 5.73 Å². The molecule has 0 aliphatic carbocycles. The number of aromatic carboxylic acids is 1. The second-order valence-electron chi connectivity index (χ2n) is 4.09. The van der Waals surface area contributed by atoms with Crippen molar-refractivity contribution in [3.8, 4) is 0 Å². The zero-order valence-electron chi connectivity index (χ0n) is 9.58. The molecule has 3 rings (SSSR count). The number of nitrogens with zero attached hydrogens (tertiary/aromatic N) is 3. The number of carboxylic acids is 1. The van der Waals surface area contributed by atoms with E-state index in [9.17, 15) is 9.90 Å². The summed E-state index contributed by atoms with van der Waals surface area (Å²) in [6.07, 6.45) is 1.55. The molecule has 2 heterocycles. The minimum Gasteiger partial charge on any atom is -0.476 e. The van der Waals surface area contributed by atoms with Crippen molar-refractivity contribution < 1.29 is 9.90 Å². The molecule has 6 heteroatoms. The third-order valence-electron chi connectivity index (χ3n) is 3.05. The molecule has 0 amide bonds. The van der Waals surface area contributed by atoms with Crippen LogP contribution in [0, 0.1) is 0 Å². The Kier molecular flexibility index (Phi) is 2.00. The van der Waals surface area contributed by atoms with Crippen LogP contribution in [0.4, 0.5) is 5.69 Å². The zero-order chi connectivity index (χ0) is 12.9. The van der Waals surface area contributed by atoms with E-state index >= 15 is 0 Å². The molecule has 18 heavy (non-hydrogen) atoms. The van der Waals surface area contributed by atoms with Crippen LogP contribution in [0.5, 0.6) is 0 Å². The lowest BCUT2D eigenvalue weighted by molar-refractivity contribution is 0.0691. The molecule has 2 aromatic heterocycles. The molecule has 0 fully saturated rings. The van der Waals surface area contributed by atoms with Gasteiger partial charge in [-0.25, -0.2) is 4.79 Å². The van der Waals surface area contributed by atoms with Gasteiger partial charge >= 0.3 is 5.97 Å². The van der Waals surface area contributed by atoms with Crippen molar-refractivity contribution in [2.24, 2.45) is 7.05 Å². The molecule has 6 nitrogen and oxygen atoms in total. The fourth-order valence-electron chi connectivity index (χ4n) is 2.22. The lowest BCUT2D eigenvalue weighted by atomic mass is 10.1. The number of hydrogen-bond donors (Lipinski definition) is 2. The van der Waals surface area contributed by atoms with Crippen LogP contribution in [0.2, 0.25) is 0 Å². The van der Waals surface area contributed by atoms with Crippen LogP contribution < -0.4 is 5.73 Å². The van der Waals surface area contributed by atoms with Crippen molar-refractivity contribution >= 4 is 33.5 Å². The summed E-state index contributed by atoms with van der Waals surface area (Å²) < 4.78 is 1.88. The Morgan fingerprint density at radius 2 is 2.17 bits per heavy atom. The fraction of sp³-hybridized carbons (Fsp3) is 0.0833. The van der Waals surface area contributed by atoms with Crippen molar-refractivity contribution in [1.29, 1.82) is 0 Å².